The molecule has 0 saturated heterocycles. The number of esters is 1. The molecule has 0 atom stereocenters. The zero-order chi connectivity index (χ0) is 18.1. The van der Waals surface area contributed by atoms with E-state index in [1.54, 1.807) is 36.4 Å². The van der Waals surface area contributed by atoms with E-state index in [-0.39, 0.29) is 12.4 Å². The van der Waals surface area contributed by atoms with Gasteiger partial charge < -0.3 is 4.74 Å². The van der Waals surface area contributed by atoms with E-state index < -0.39 is 5.97 Å². The second-order valence-corrected chi connectivity index (χ2v) is 6.93. The van der Waals surface area contributed by atoms with Gasteiger partial charge in [0.1, 0.15) is 0 Å². The van der Waals surface area contributed by atoms with Crippen molar-refractivity contribution in [3.8, 4) is 0 Å². The Hall–Kier alpha value is -1.94. The van der Waals surface area contributed by atoms with Crippen LogP contribution < -0.4 is 0 Å². The van der Waals surface area contributed by atoms with E-state index in [1.807, 2.05) is 12.1 Å². The molecule has 2 rings (SSSR count). The van der Waals surface area contributed by atoms with Crippen LogP contribution >= 0.6 is 15.9 Å². The molecule has 0 aliphatic carbocycles. The minimum atomic E-state index is -0.469. The molecule has 0 saturated carbocycles. The van der Waals surface area contributed by atoms with Gasteiger partial charge in [0.2, 0.25) is 0 Å². The van der Waals surface area contributed by atoms with E-state index in [1.165, 1.54) is 31.2 Å². The van der Waals surface area contributed by atoms with Gasteiger partial charge in [-0.25, -0.2) is 4.79 Å². The van der Waals surface area contributed by atoms with Crippen molar-refractivity contribution in [1.29, 1.82) is 0 Å². The maximum atomic E-state index is 12.1. The predicted octanol–water partition coefficient (Wildman–Crippen LogP) is 5.61. The van der Waals surface area contributed by atoms with Crippen molar-refractivity contribution in [2.75, 3.05) is 6.61 Å². The fourth-order valence-electron chi connectivity index (χ4n) is 2.50. The third kappa shape index (κ3) is 6.46. The Labute approximate surface area is 157 Å². The standard InChI is InChI=1S/C21H23BrO3/c1-2-3-4-5-6-16-7-9-18(10-8-16)21(24)25-15-20(23)17-11-13-19(22)14-12-17/h7-14H,2-6,15H2,1H3. The smallest absolute Gasteiger partial charge is 0.338 e. The fraction of sp³-hybridized carbons (Fsp3) is 0.333. The van der Waals surface area contributed by atoms with Crippen LogP contribution in [-0.4, -0.2) is 18.4 Å². The molecule has 0 unspecified atom stereocenters. The van der Waals surface area contributed by atoms with Gasteiger partial charge in [0, 0.05) is 10.0 Å². The number of unbranched alkanes of at least 4 members (excludes halogenated alkanes) is 3. The van der Waals surface area contributed by atoms with Crippen LogP contribution in [-0.2, 0) is 11.2 Å². The van der Waals surface area contributed by atoms with Crippen molar-refractivity contribution < 1.29 is 14.3 Å². The summed E-state index contributed by atoms with van der Waals surface area (Å²) in [5.41, 5.74) is 2.22. The van der Waals surface area contributed by atoms with Crippen molar-refractivity contribution in [3.63, 3.8) is 0 Å². The molecule has 0 amide bonds. The number of Topliss-reactive ketones (excluding diaryl/α,β-unsaturated/α-hetero) is 1. The zero-order valence-corrected chi connectivity index (χ0v) is 16.1. The number of halogens is 1. The third-order valence-corrected chi connectivity index (χ3v) is 4.54. The monoisotopic (exact) mass is 402 g/mol. The summed E-state index contributed by atoms with van der Waals surface area (Å²) in [6.45, 7) is 1.95. The van der Waals surface area contributed by atoms with E-state index in [4.69, 9.17) is 4.74 Å². The molecular weight excluding hydrogens is 380 g/mol. The van der Waals surface area contributed by atoms with Gasteiger partial charge in [-0.2, -0.15) is 0 Å². The Kier molecular flexibility index (Phi) is 7.86. The first-order valence-corrected chi connectivity index (χ1v) is 9.44. The average molecular weight is 403 g/mol. The highest BCUT2D eigenvalue weighted by Gasteiger charge is 2.11. The summed E-state index contributed by atoms with van der Waals surface area (Å²) in [6.07, 6.45) is 5.91. The second kappa shape index (κ2) is 10.1. The molecule has 0 N–H and O–H groups in total. The van der Waals surface area contributed by atoms with Crippen molar-refractivity contribution >= 4 is 27.7 Å². The average Bonchev–Trinajstić information content (AvgIpc) is 2.64. The van der Waals surface area contributed by atoms with E-state index in [0.29, 0.717) is 11.1 Å². The lowest BCUT2D eigenvalue weighted by Crippen LogP contribution is -2.14. The van der Waals surface area contributed by atoms with Gasteiger partial charge >= 0.3 is 5.97 Å². The molecule has 0 aliphatic heterocycles. The van der Waals surface area contributed by atoms with Crippen LogP contribution in [0.25, 0.3) is 0 Å². The highest BCUT2D eigenvalue weighted by atomic mass is 79.9. The number of ether oxygens (including phenoxy) is 1. The lowest BCUT2D eigenvalue weighted by molar-refractivity contribution is 0.0474. The third-order valence-electron chi connectivity index (χ3n) is 4.01. The molecule has 0 spiro atoms. The fourth-order valence-corrected chi connectivity index (χ4v) is 2.76. The number of carbonyl (C=O) groups excluding carboxylic acids is 2. The molecule has 25 heavy (non-hydrogen) atoms. The maximum Gasteiger partial charge on any atom is 0.338 e. The number of carbonyl (C=O) groups is 2. The molecule has 2 aromatic carbocycles. The number of ketones is 1. The molecule has 0 heterocycles. The molecule has 0 aromatic heterocycles. The van der Waals surface area contributed by atoms with E-state index >= 15 is 0 Å². The molecular formula is C21H23BrO3. The van der Waals surface area contributed by atoms with Crippen LogP contribution in [0.1, 0.15) is 58.9 Å². The summed E-state index contributed by atoms with van der Waals surface area (Å²) in [7, 11) is 0. The second-order valence-electron chi connectivity index (χ2n) is 6.01. The quantitative estimate of drug-likeness (QED) is 0.311. The van der Waals surface area contributed by atoms with Gasteiger partial charge in [0.15, 0.2) is 12.4 Å². The minimum Gasteiger partial charge on any atom is -0.454 e. The van der Waals surface area contributed by atoms with Crippen LogP contribution in [0, 0.1) is 0 Å². The molecule has 0 fully saturated rings. The minimum absolute atomic E-state index is 0.214. The van der Waals surface area contributed by atoms with Crippen molar-refractivity contribution in [3.05, 3.63) is 69.7 Å². The van der Waals surface area contributed by atoms with Gasteiger partial charge in [-0.15, -0.1) is 0 Å². The summed E-state index contributed by atoms with van der Waals surface area (Å²) in [6, 6.07) is 14.4. The summed E-state index contributed by atoms with van der Waals surface area (Å²) in [5, 5.41) is 0. The van der Waals surface area contributed by atoms with Crippen LogP contribution in [0.4, 0.5) is 0 Å². The van der Waals surface area contributed by atoms with Crippen molar-refractivity contribution in [2.24, 2.45) is 0 Å². The highest BCUT2D eigenvalue weighted by Crippen LogP contribution is 2.13. The van der Waals surface area contributed by atoms with E-state index in [2.05, 4.69) is 22.9 Å². The van der Waals surface area contributed by atoms with Crippen molar-refractivity contribution in [2.45, 2.75) is 39.0 Å². The first-order chi connectivity index (χ1) is 12.1. The Bertz CT molecular complexity index is 690. The molecule has 4 heteroatoms. The Balaban J connectivity index is 1.82. The van der Waals surface area contributed by atoms with Gasteiger partial charge in [-0.3, -0.25) is 4.79 Å². The highest BCUT2D eigenvalue weighted by molar-refractivity contribution is 9.10. The Morgan fingerprint density at radius 1 is 0.880 bits per heavy atom. The normalized spacial score (nSPS) is 10.5. The van der Waals surface area contributed by atoms with Gasteiger partial charge in [-0.05, 0) is 42.7 Å². The van der Waals surface area contributed by atoms with Gasteiger partial charge in [0.05, 0.1) is 5.56 Å². The first kappa shape index (κ1) is 19.4. The molecule has 2 aromatic rings. The van der Waals surface area contributed by atoms with Crippen LogP contribution in [0.3, 0.4) is 0 Å². The lowest BCUT2D eigenvalue weighted by Gasteiger charge is -2.06. The van der Waals surface area contributed by atoms with Gasteiger partial charge in [-0.1, -0.05) is 66.4 Å². The van der Waals surface area contributed by atoms with Crippen molar-refractivity contribution in [1.82, 2.24) is 0 Å². The van der Waals surface area contributed by atoms with Crippen LogP contribution in [0.5, 0.6) is 0 Å². The van der Waals surface area contributed by atoms with E-state index in [9.17, 15) is 9.59 Å². The summed E-state index contributed by atoms with van der Waals surface area (Å²) < 4.78 is 6.03. The van der Waals surface area contributed by atoms with Gasteiger partial charge in [0.25, 0.3) is 0 Å². The molecule has 3 nitrogen and oxygen atoms in total. The largest absolute Gasteiger partial charge is 0.454 e. The summed E-state index contributed by atoms with van der Waals surface area (Å²) >= 11 is 3.32. The van der Waals surface area contributed by atoms with Crippen LogP contribution in [0.15, 0.2) is 53.0 Å². The predicted molar refractivity (Wildman–Crippen MR) is 103 cm³/mol. The molecule has 0 aliphatic rings. The Morgan fingerprint density at radius 2 is 1.52 bits per heavy atom. The lowest BCUT2D eigenvalue weighted by atomic mass is 10.0. The molecule has 132 valence electrons. The topological polar surface area (TPSA) is 43.4 Å². The number of hydrogen-bond donors (Lipinski definition) is 0. The number of rotatable bonds is 9. The molecule has 0 bridgehead atoms. The number of hydrogen-bond acceptors (Lipinski definition) is 3. The maximum absolute atomic E-state index is 12.1. The molecule has 0 radical (unpaired) electrons. The summed E-state index contributed by atoms with van der Waals surface area (Å²) in [4.78, 5) is 24.1. The SMILES string of the molecule is CCCCCCc1ccc(C(=O)OCC(=O)c2ccc(Br)cc2)cc1. The Morgan fingerprint density at radius 3 is 2.16 bits per heavy atom. The summed E-state index contributed by atoms with van der Waals surface area (Å²) in [5.74, 6) is -0.684. The zero-order valence-electron chi connectivity index (χ0n) is 14.5. The van der Waals surface area contributed by atoms with E-state index in [0.717, 1.165) is 10.9 Å². The number of aryl methyl sites for hydroxylation is 1. The first-order valence-electron chi connectivity index (χ1n) is 8.65. The van der Waals surface area contributed by atoms with Crippen LogP contribution in [0.2, 0.25) is 0 Å². The number of benzene rings is 2.